The van der Waals surface area contributed by atoms with Crippen molar-refractivity contribution < 1.29 is 9.18 Å². The van der Waals surface area contributed by atoms with Crippen LogP contribution in [-0.2, 0) is 11.2 Å². The summed E-state index contributed by atoms with van der Waals surface area (Å²) in [7, 11) is 0. The van der Waals surface area contributed by atoms with Crippen molar-refractivity contribution in [3.8, 4) is 11.3 Å². The van der Waals surface area contributed by atoms with Crippen molar-refractivity contribution >= 4 is 16.7 Å². The van der Waals surface area contributed by atoms with Crippen LogP contribution < -0.4 is 0 Å². The molecular weight excluding hydrogens is 393 g/mol. The third kappa shape index (κ3) is 4.61. The van der Waals surface area contributed by atoms with Crippen molar-refractivity contribution in [1.82, 2.24) is 24.8 Å². The Hall–Kier alpha value is -2.80. The van der Waals surface area contributed by atoms with E-state index in [1.54, 1.807) is 31.0 Å². The van der Waals surface area contributed by atoms with Crippen LogP contribution in [0, 0.1) is 11.8 Å². The van der Waals surface area contributed by atoms with Crippen LogP contribution in [0.4, 0.5) is 4.39 Å². The lowest BCUT2D eigenvalue weighted by atomic mass is 9.78. The lowest BCUT2D eigenvalue weighted by Crippen LogP contribution is -2.50. The molecule has 5 rings (SSSR count). The summed E-state index contributed by atoms with van der Waals surface area (Å²) in [5.74, 6) is 0.986. The molecule has 2 aliphatic rings. The number of hydrogen-bond acceptors (Lipinski definition) is 6. The quantitative estimate of drug-likeness (QED) is 0.607. The lowest BCUT2D eigenvalue weighted by Gasteiger charge is -2.38. The van der Waals surface area contributed by atoms with Gasteiger partial charge < -0.3 is 0 Å². The molecule has 0 amide bonds. The average Bonchev–Trinajstić information content (AvgIpc) is 2.78. The van der Waals surface area contributed by atoms with Gasteiger partial charge >= 0.3 is 0 Å². The van der Waals surface area contributed by atoms with Crippen LogP contribution in [0.25, 0.3) is 22.2 Å². The zero-order chi connectivity index (χ0) is 21.2. The SMILES string of the molecule is O=C(Cc1cc2cc(-c3cnccn3)cnc2cn1)C1CCC(CN2CC(F)C2)CC1. The van der Waals surface area contributed by atoms with Crippen molar-refractivity contribution in [2.75, 3.05) is 19.6 Å². The molecule has 1 saturated heterocycles. The van der Waals surface area contributed by atoms with Gasteiger partial charge in [0.25, 0.3) is 0 Å². The van der Waals surface area contributed by atoms with E-state index in [4.69, 9.17) is 0 Å². The first-order valence-corrected chi connectivity index (χ1v) is 11.0. The number of fused-ring (bicyclic) bond motifs is 1. The molecule has 1 saturated carbocycles. The van der Waals surface area contributed by atoms with Crippen molar-refractivity contribution in [2.24, 2.45) is 11.8 Å². The standard InChI is InChI=1S/C24H26FN5O/c25-20-14-30(15-20)13-16-1-3-17(4-2-16)24(31)9-21-8-18-7-19(10-29-23(18)12-28-21)22-11-26-5-6-27-22/h5-8,10-12,16-17,20H,1-4,9,13-15H2. The van der Waals surface area contributed by atoms with E-state index in [0.29, 0.717) is 25.4 Å². The van der Waals surface area contributed by atoms with Crippen molar-refractivity contribution in [2.45, 2.75) is 38.3 Å². The third-order valence-electron chi connectivity index (χ3n) is 6.57. The normalized spacial score (nSPS) is 22.4. The Balaban J connectivity index is 1.21. The van der Waals surface area contributed by atoms with Gasteiger partial charge in [0.2, 0.25) is 0 Å². The summed E-state index contributed by atoms with van der Waals surface area (Å²) in [6.07, 6.45) is 12.2. The van der Waals surface area contributed by atoms with E-state index in [1.165, 1.54) is 0 Å². The summed E-state index contributed by atoms with van der Waals surface area (Å²) < 4.78 is 13.0. The summed E-state index contributed by atoms with van der Waals surface area (Å²) in [4.78, 5) is 32.5. The summed E-state index contributed by atoms with van der Waals surface area (Å²) in [5, 5.41) is 0.949. The smallest absolute Gasteiger partial charge is 0.141 e. The Bertz CT molecular complexity index is 1060. The predicted octanol–water partition coefficient (Wildman–Crippen LogP) is 3.66. The van der Waals surface area contributed by atoms with E-state index in [-0.39, 0.29) is 11.7 Å². The summed E-state index contributed by atoms with van der Waals surface area (Å²) in [6.45, 7) is 2.15. The van der Waals surface area contributed by atoms with Gasteiger partial charge in [-0.15, -0.1) is 0 Å². The molecule has 0 atom stereocenters. The highest BCUT2D eigenvalue weighted by molar-refractivity contribution is 5.86. The van der Waals surface area contributed by atoms with Crippen LogP contribution in [-0.4, -0.2) is 56.4 Å². The number of likely N-dealkylation sites (tertiary alicyclic amines) is 1. The molecule has 4 heterocycles. The van der Waals surface area contributed by atoms with Gasteiger partial charge in [0.05, 0.1) is 23.6 Å². The number of carbonyl (C=O) groups is 1. The average molecular weight is 420 g/mol. The Labute approximate surface area is 181 Å². The molecule has 31 heavy (non-hydrogen) atoms. The van der Waals surface area contributed by atoms with Gasteiger partial charge in [-0.25, -0.2) is 4.39 Å². The van der Waals surface area contributed by atoms with Crippen LogP contribution in [0.3, 0.4) is 0 Å². The van der Waals surface area contributed by atoms with E-state index < -0.39 is 6.17 Å². The van der Waals surface area contributed by atoms with E-state index in [1.807, 2.05) is 12.1 Å². The van der Waals surface area contributed by atoms with Crippen molar-refractivity contribution in [3.05, 3.63) is 48.8 Å². The van der Waals surface area contributed by atoms with Crippen LogP contribution in [0.5, 0.6) is 0 Å². The zero-order valence-electron chi connectivity index (χ0n) is 17.5. The second kappa shape index (κ2) is 8.75. The monoisotopic (exact) mass is 419 g/mol. The zero-order valence-corrected chi connectivity index (χ0v) is 17.5. The first-order valence-electron chi connectivity index (χ1n) is 11.0. The van der Waals surface area contributed by atoms with Gasteiger partial charge in [-0.3, -0.25) is 29.6 Å². The molecule has 3 aromatic rings. The fraction of sp³-hybridized carbons (Fsp3) is 0.458. The van der Waals surface area contributed by atoms with E-state index in [0.717, 1.165) is 60.1 Å². The Morgan fingerprint density at radius 2 is 1.84 bits per heavy atom. The number of ketones is 1. The van der Waals surface area contributed by atoms with Gasteiger partial charge in [0.1, 0.15) is 12.0 Å². The maximum Gasteiger partial charge on any atom is 0.141 e. The molecule has 2 fully saturated rings. The van der Waals surface area contributed by atoms with E-state index in [2.05, 4.69) is 24.8 Å². The number of rotatable bonds is 6. The molecule has 6 nitrogen and oxygen atoms in total. The Morgan fingerprint density at radius 1 is 1.00 bits per heavy atom. The van der Waals surface area contributed by atoms with Crippen molar-refractivity contribution in [1.29, 1.82) is 0 Å². The highest BCUT2D eigenvalue weighted by atomic mass is 19.1. The third-order valence-corrected chi connectivity index (χ3v) is 6.57. The highest BCUT2D eigenvalue weighted by Crippen LogP contribution is 2.32. The number of aromatic nitrogens is 4. The second-order valence-corrected chi connectivity index (χ2v) is 8.86. The van der Waals surface area contributed by atoms with Crippen LogP contribution in [0.1, 0.15) is 31.4 Å². The highest BCUT2D eigenvalue weighted by Gasteiger charge is 2.31. The summed E-state index contributed by atoms with van der Waals surface area (Å²) in [6, 6.07) is 3.98. The molecule has 0 unspecified atom stereocenters. The summed E-state index contributed by atoms with van der Waals surface area (Å²) >= 11 is 0. The number of Topliss-reactive ketones (excluding diaryl/α,β-unsaturated/α-hetero) is 1. The molecule has 0 radical (unpaired) electrons. The number of nitrogens with zero attached hydrogens (tertiary/aromatic N) is 5. The van der Waals surface area contributed by atoms with Gasteiger partial charge in [0.15, 0.2) is 0 Å². The molecule has 0 N–H and O–H groups in total. The van der Waals surface area contributed by atoms with E-state index in [9.17, 15) is 9.18 Å². The summed E-state index contributed by atoms with van der Waals surface area (Å²) in [5.41, 5.74) is 3.24. The number of alkyl halides is 1. The Morgan fingerprint density at radius 3 is 2.58 bits per heavy atom. The molecule has 0 aromatic carbocycles. The molecule has 0 bridgehead atoms. The molecule has 0 spiro atoms. The maximum atomic E-state index is 13.0. The first-order chi connectivity index (χ1) is 15.1. The molecule has 160 valence electrons. The molecule has 7 heteroatoms. The minimum atomic E-state index is -0.640. The van der Waals surface area contributed by atoms with Crippen LogP contribution >= 0.6 is 0 Å². The largest absolute Gasteiger partial charge is 0.299 e. The van der Waals surface area contributed by atoms with Gasteiger partial charge in [-0.05, 0) is 43.7 Å². The number of carbonyl (C=O) groups excluding carboxylic acids is 1. The fourth-order valence-corrected chi connectivity index (χ4v) is 4.77. The minimum absolute atomic E-state index is 0.114. The molecule has 3 aromatic heterocycles. The molecule has 1 aliphatic heterocycles. The lowest BCUT2D eigenvalue weighted by molar-refractivity contribution is -0.123. The van der Waals surface area contributed by atoms with Gasteiger partial charge in [-0.1, -0.05) is 0 Å². The number of pyridine rings is 2. The second-order valence-electron chi connectivity index (χ2n) is 8.86. The molecule has 1 aliphatic carbocycles. The van der Waals surface area contributed by atoms with Gasteiger partial charge in [-0.2, -0.15) is 0 Å². The first kappa shape index (κ1) is 20.1. The minimum Gasteiger partial charge on any atom is -0.299 e. The topological polar surface area (TPSA) is 71.9 Å². The Kier molecular flexibility index (Phi) is 5.68. The van der Waals surface area contributed by atoms with Crippen LogP contribution in [0.15, 0.2) is 43.1 Å². The number of hydrogen-bond donors (Lipinski definition) is 0. The fourth-order valence-electron chi connectivity index (χ4n) is 4.77. The predicted molar refractivity (Wildman–Crippen MR) is 116 cm³/mol. The van der Waals surface area contributed by atoms with E-state index >= 15 is 0 Å². The van der Waals surface area contributed by atoms with Crippen molar-refractivity contribution in [3.63, 3.8) is 0 Å². The van der Waals surface area contributed by atoms with Gasteiger partial charge in [0, 0.05) is 67.2 Å². The number of halogens is 1. The molecular formula is C24H26FN5O. The maximum absolute atomic E-state index is 13.0. The van der Waals surface area contributed by atoms with Crippen LogP contribution in [0.2, 0.25) is 0 Å².